The van der Waals surface area contributed by atoms with Crippen LogP contribution in [-0.4, -0.2) is 58.5 Å². The van der Waals surface area contributed by atoms with E-state index in [4.69, 9.17) is 0 Å². The number of nitrogens with zero attached hydrogens (tertiary/aromatic N) is 2. The first-order chi connectivity index (χ1) is 16.3. The van der Waals surface area contributed by atoms with Crippen LogP contribution in [0.15, 0.2) is 12.1 Å². The number of carbonyl (C=O) groups excluding carboxylic acids is 2. The van der Waals surface area contributed by atoms with Crippen LogP contribution in [0.5, 0.6) is 0 Å². The van der Waals surface area contributed by atoms with Crippen LogP contribution in [0.1, 0.15) is 75.8 Å². The zero-order chi connectivity index (χ0) is 24.2. The molecule has 0 bridgehead atoms. The van der Waals surface area contributed by atoms with Crippen LogP contribution in [0.3, 0.4) is 0 Å². The molecule has 4 rings (SSSR count). The molecule has 6 nitrogen and oxygen atoms in total. The van der Waals surface area contributed by atoms with Gasteiger partial charge in [-0.25, -0.2) is 4.39 Å². The van der Waals surface area contributed by atoms with Gasteiger partial charge in [-0.2, -0.15) is 0 Å². The highest BCUT2D eigenvalue weighted by molar-refractivity contribution is 5.91. The largest absolute Gasteiger partial charge is 0.393 e. The van der Waals surface area contributed by atoms with Gasteiger partial charge in [-0.1, -0.05) is 25.7 Å². The molecule has 3 aliphatic rings. The van der Waals surface area contributed by atoms with Gasteiger partial charge < -0.3 is 15.3 Å². The molecule has 1 heterocycles. The van der Waals surface area contributed by atoms with E-state index >= 15 is 0 Å². The Hall–Kier alpha value is -1.99. The van der Waals surface area contributed by atoms with Gasteiger partial charge in [0.05, 0.1) is 6.10 Å². The second kappa shape index (κ2) is 11.2. The minimum atomic E-state index is -0.426. The molecule has 3 atom stereocenters. The van der Waals surface area contributed by atoms with Gasteiger partial charge in [0.25, 0.3) is 0 Å². The summed E-state index contributed by atoms with van der Waals surface area (Å²) in [7, 11) is 0. The topological polar surface area (TPSA) is 72.9 Å². The molecule has 0 radical (unpaired) electrons. The molecule has 7 heteroatoms. The zero-order valence-corrected chi connectivity index (χ0v) is 20.7. The van der Waals surface area contributed by atoms with Crippen LogP contribution in [0.25, 0.3) is 0 Å². The maximum absolute atomic E-state index is 14.5. The highest BCUT2D eigenvalue weighted by atomic mass is 19.1. The lowest BCUT2D eigenvalue weighted by molar-refractivity contribution is -0.140. The van der Waals surface area contributed by atoms with E-state index in [1.54, 1.807) is 6.07 Å². The van der Waals surface area contributed by atoms with Gasteiger partial charge in [0, 0.05) is 50.2 Å². The predicted octanol–water partition coefficient (Wildman–Crippen LogP) is 4.24. The fourth-order valence-electron chi connectivity index (χ4n) is 6.05. The van der Waals surface area contributed by atoms with Crippen molar-refractivity contribution in [3.05, 3.63) is 29.1 Å². The molecule has 2 saturated carbocycles. The number of carbonyl (C=O) groups is 2. The van der Waals surface area contributed by atoms with E-state index in [1.807, 2.05) is 11.8 Å². The van der Waals surface area contributed by atoms with Crippen molar-refractivity contribution in [1.29, 1.82) is 0 Å². The number of benzene rings is 1. The molecule has 1 aromatic rings. The maximum atomic E-state index is 14.5. The minimum Gasteiger partial charge on any atom is -0.393 e. The molecule has 2 aliphatic carbocycles. The van der Waals surface area contributed by atoms with E-state index in [0.29, 0.717) is 24.7 Å². The van der Waals surface area contributed by atoms with Crippen molar-refractivity contribution < 1.29 is 19.1 Å². The van der Waals surface area contributed by atoms with E-state index in [0.717, 1.165) is 75.6 Å². The second-order valence-corrected chi connectivity index (χ2v) is 10.7. The van der Waals surface area contributed by atoms with E-state index in [9.17, 15) is 19.1 Å². The third-order valence-corrected chi connectivity index (χ3v) is 8.16. The summed E-state index contributed by atoms with van der Waals surface area (Å²) in [6.07, 6.45) is 7.83. The molecule has 2 N–H and O–H groups in total. The molecule has 0 aromatic heterocycles. The molecule has 188 valence electrons. The number of halogens is 1. The lowest BCUT2D eigenvalue weighted by atomic mass is 9.84. The third kappa shape index (κ3) is 5.98. The summed E-state index contributed by atoms with van der Waals surface area (Å²) in [5, 5.41) is 13.1. The quantitative estimate of drug-likeness (QED) is 0.648. The van der Waals surface area contributed by atoms with E-state index < -0.39 is 6.10 Å². The van der Waals surface area contributed by atoms with Crippen LogP contribution in [0.4, 0.5) is 10.1 Å². The number of piperazine rings is 1. The Morgan fingerprint density at radius 2 is 1.79 bits per heavy atom. The Labute approximate surface area is 202 Å². The highest BCUT2D eigenvalue weighted by Gasteiger charge is 2.33. The standard InChI is InChI=1S/C27H40FN3O3/c1-18-16-30(11-12-31(18)27(34)20-7-3-4-8-20)17-22-13-23(28)15-24(19(22)2)29-26(33)14-21-9-5-6-10-25(21)32/h13,15,18,20-21,25,32H,3-12,14,16-17H2,1-2H3,(H,29,33)/t18-,21?,25?/m0/s1. The summed E-state index contributed by atoms with van der Waals surface area (Å²) in [6, 6.07) is 3.07. The van der Waals surface area contributed by atoms with E-state index in [1.165, 1.54) is 6.07 Å². The third-order valence-electron chi connectivity index (χ3n) is 8.16. The van der Waals surface area contributed by atoms with Gasteiger partial charge in [-0.05, 0) is 68.7 Å². The zero-order valence-electron chi connectivity index (χ0n) is 20.7. The summed E-state index contributed by atoms with van der Waals surface area (Å²) >= 11 is 0. The van der Waals surface area contributed by atoms with Crippen molar-refractivity contribution in [2.24, 2.45) is 11.8 Å². The van der Waals surface area contributed by atoms with Crippen molar-refractivity contribution in [3.8, 4) is 0 Å². The Balaban J connectivity index is 1.36. The first-order valence-corrected chi connectivity index (χ1v) is 13.1. The summed E-state index contributed by atoms with van der Waals surface area (Å²) in [5.41, 5.74) is 2.24. The van der Waals surface area contributed by atoms with Crippen LogP contribution >= 0.6 is 0 Å². The summed E-state index contributed by atoms with van der Waals surface area (Å²) in [6.45, 7) is 6.84. The fraction of sp³-hybridized carbons (Fsp3) is 0.704. The Bertz CT molecular complexity index is 886. The number of rotatable bonds is 6. The number of aliphatic hydroxyl groups excluding tert-OH is 1. The SMILES string of the molecule is Cc1c(CN2CCN(C(=O)C3CCCC3)[C@@H](C)C2)cc(F)cc1NC(=O)CC1CCCCC1O. The van der Waals surface area contributed by atoms with Crippen LogP contribution in [0.2, 0.25) is 0 Å². The van der Waals surface area contributed by atoms with Crippen molar-refractivity contribution in [2.45, 2.75) is 90.3 Å². The Morgan fingerprint density at radius 3 is 2.50 bits per heavy atom. The Morgan fingerprint density at radius 1 is 1.09 bits per heavy atom. The molecular weight excluding hydrogens is 433 g/mol. The van der Waals surface area contributed by atoms with Crippen LogP contribution < -0.4 is 5.32 Å². The molecule has 1 saturated heterocycles. The van der Waals surface area contributed by atoms with Gasteiger partial charge in [0.2, 0.25) is 11.8 Å². The molecule has 3 fully saturated rings. The van der Waals surface area contributed by atoms with Gasteiger partial charge in [0.15, 0.2) is 0 Å². The van der Waals surface area contributed by atoms with Crippen molar-refractivity contribution in [3.63, 3.8) is 0 Å². The van der Waals surface area contributed by atoms with E-state index in [-0.39, 0.29) is 36.0 Å². The molecular formula is C27H40FN3O3. The van der Waals surface area contributed by atoms with Gasteiger partial charge in [-0.15, -0.1) is 0 Å². The number of hydrogen-bond donors (Lipinski definition) is 2. The van der Waals surface area contributed by atoms with Gasteiger partial charge >= 0.3 is 0 Å². The molecule has 0 spiro atoms. The summed E-state index contributed by atoms with van der Waals surface area (Å²) < 4.78 is 14.5. The minimum absolute atomic E-state index is 0.0215. The molecule has 1 aliphatic heterocycles. The normalized spacial score (nSPS) is 26.6. The highest BCUT2D eigenvalue weighted by Crippen LogP contribution is 2.30. The lowest BCUT2D eigenvalue weighted by Crippen LogP contribution is -2.54. The van der Waals surface area contributed by atoms with Crippen molar-refractivity contribution in [1.82, 2.24) is 9.80 Å². The molecule has 1 aromatic carbocycles. The van der Waals surface area contributed by atoms with Crippen LogP contribution in [0, 0.1) is 24.6 Å². The number of amides is 2. The molecule has 2 unspecified atom stereocenters. The summed E-state index contributed by atoms with van der Waals surface area (Å²) in [5.74, 6) is -0.0539. The van der Waals surface area contributed by atoms with E-state index in [2.05, 4.69) is 17.1 Å². The smallest absolute Gasteiger partial charge is 0.226 e. The predicted molar refractivity (Wildman–Crippen MR) is 131 cm³/mol. The first kappa shape index (κ1) is 25.1. The van der Waals surface area contributed by atoms with Crippen molar-refractivity contribution in [2.75, 3.05) is 25.0 Å². The number of anilines is 1. The number of nitrogens with one attached hydrogen (secondary N) is 1. The monoisotopic (exact) mass is 473 g/mol. The summed E-state index contributed by atoms with van der Waals surface area (Å²) in [4.78, 5) is 29.8. The number of hydrogen-bond acceptors (Lipinski definition) is 4. The van der Waals surface area contributed by atoms with Gasteiger partial charge in [0.1, 0.15) is 5.82 Å². The van der Waals surface area contributed by atoms with Crippen LogP contribution in [-0.2, 0) is 16.1 Å². The fourth-order valence-corrected chi connectivity index (χ4v) is 6.05. The second-order valence-electron chi connectivity index (χ2n) is 10.7. The lowest BCUT2D eigenvalue weighted by Gasteiger charge is -2.41. The van der Waals surface area contributed by atoms with Gasteiger partial charge in [-0.3, -0.25) is 14.5 Å². The average molecular weight is 474 g/mol. The number of aliphatic hydroxyl groups is 1. The molecule has 2 amide bonds. The van der Waals surface area contributed by atoms with Crippen molar-refractivity contribution >= 4 is 17.5 Å². The maximum Gasteiger partial charge on any atom is 0.226 e. The Kier molecular flexibility index (Phi) is 8.25. The average Bonchev–Trinajstić information content (AvgIpc) is 3.33. The molecule has 34 heavy (non-hydrogen) atoms. The first-order valence-electron chi connectivity index (χ1n) is 13.1.